The molecule has 7 heteroatoms. The standard InChI is InChI=1S/C23H27ClN2O3S/c24-20-10-12-22(13-11-20)30(28,29)26(21-8-2-1-3-9-21)17-23(27)25-15-14-18-6-4-5-7-19(18)16-25/h4-7,10-13,21H,1-3,8-9,14-17H2. The summed E-state index contributed by atoms with van der Waals surface area (Å²) in [6, 6.07) is 14.2. The minimum absolute atomic E-state index is 0.113. The fourth-order valence-electron chi connectivity index (χ4n) is 4.46. The number of carbonyl (C=O) groups excluding carboxylic acids is 1. The molecule has 1 saturated carbocycles. The highest BCUT2D eigenvalue weighted by molar-refractivity contribution is 7.89. The summed E-state index contributed by atoms with van der Waals surface area (Å²) < 4.78 is 28.4. The molecule has 1 fully saturated rings. The van der Waals surface area contributed by atoms with Crippen molar-refractivity contribution in [2.24, 2.45) is 0 Å². The summed E-state index contributed by atoms with van der Waals surface area (Å²) in [4.78, 5) is 15.2. The molecule has 2 aromatic rings. The number of sulfonamides is 1. The highest BCUT2D eigenvalue weighted by Gasteiger charge is 2.35. The van der Waals surface area contributed by atoms with Gasteiger partial charge in [-0.05, 0) is 54.7 Å². The van der Waals surface area contributed by atoms with Crippen LogP contribution in [0.2, 0.25) is 5.02 Å². The first-order chi connectivity index (χ1) is 14.4. The first-order valence-corrected chi connectivity index (χ1v) is 12.4. The SMILES string of the molecule is O=C(CN(C1CCCCC1)S(=O)(=O)c1ccc(Cl)cc1)N1CCc2ccccc2C1. The molecule has 2 aliphatic rings. The van der Waals surface area contributed by atoms with Gasteiger partial charge in [0.2, 0.25) is 15.9 Å². The van der Waals surface area contributed by atoms with Gasteiger partial charge in [-0.25, -0.2) is 8.42 Å². The maximum atomic E-state index is 13.5. The lowest BCUT2D eigenvalue weighted by Crippen LogP contribution is -2.48. The lowest BCUT2D eigenvalue weighted by molar-refractivity contribution is -0.132. The van der Waals surface area contributed by atoms with Gasteiger partial charge in [0.15, 0.2) is 0 Å². The van der Waals surface area contributed by atoms with Crippen molar-refractivity contribution in [1.29, 1.82) is 0 Å². The van der Waals surface area contributed by atoms with Crippen molar-refractivity contribution in [2.75, 3.05) is 13.1 Å². The van der Waals surface area contributed by atoms with Crippen LogP contribution in [0.15, 0.2) is 53.4 Å². The fraction of sp³-hybridized carbons (Fsp3) is 0.435. The number of amides is 1. The third-order valence-electron chi connectivity index (χ3n) is 6.18. The van der Waals surface area contributed by atoms with Gasteiger partial charge in [-0.15, -0.1) is 0 Å². The molecule has 1 amide bonds. The highest BCUT2D eigenvalue weighted by atomic mass is 35.5. The topological polar surface area (TPSA) is 57.7 Å². The first kappa shape index (κ1) is 21.3. The molecule has 2 aromatic carbocycles. The number of hydrogen-bond acceptors (Lipinski definition) is 3. The summed E-state index contributed by atoms with van der Waals surface area (Å²) in [5.74, 6) is -0.132. The molecular weight excluding hydrogens is 420 g/mol. The number of fused-ring (bicyclic) bond motifs is 1. The van der Waals surface area contributed by atoms with E-state index >= 15 is 0 Å². The Morgan fingerprint density at radius 1 is 1.00 bits per heavy atom. The minimum Gasteiger partial charge on any atom is -0.337 e. The van der Waals surface area contributed by atoms with Crippen LogP contribution in [0, 0.1) is 0 Å². The van der Waals surface area contributed by atoms with Crippen LogP contribution in [-0.2, 0) is 27.8 Å². The molecular formula is C23H27ClN2O3S. The van der Waals surface area contributed by atoms with Gasteiger partial charge < -0.3 is 4.90 Å². The number of nitrogens with zero attached hydrogens (tertiary/aromatic N) is 2. The third kappa shape index (κ3) is 4.56. The monoisotopic (exact) mass is 446 g/mol. The van der Waals surface area contributed by atoms with Gasteiger partial charge in [-0.1, -0.05) is 55.1 Å². The van der Waals surface area contributed by atoms with Gasteiger partial charge in [-0.2, -0.15) is 4.31 Å². The minimum atomic E-state index is -3.78. The Morgan fingerprint density at radius 2 is 1.67 bits per heavy atom. The number of benzene rings is 2. The van der Waals surface area contributed by atoms with Crippen LogP contribution >= 0.6 is 11.6 Å². The molecule has 0 atom stereocenters. The van der Waals surface area contributed by atoms with Gasteiger partial charge in [0.1, 0.15) is 0 Å². The van der Waals surface area contributed by atoms with Crippen molar-refractivity contribution in [3.8, 4) is 0 Å². The zero-order valence-electron chi connectivity index (χ0n) is 17.0. The van der Waals surface area contributed by atoms with E-state index in [2.05, 4.69) is 6.07 Å². The van der Waals surface area contributed by atoms with Crippen LogP contribution in [0.25, 0.3) is 0 Å². The second-order valence-corrected chi connectivity index (χ2v) is 10.5. The Hall–Kier alpha value is -1.89. The molecule has 1 heterocycles. The number of rotatable bonds is 5. The van der Waals surface area contributed by atoms with Crippen LogP contribution in [0.1, 0.15) is 43.2 Å². The van der Waals surface area contributed by atoms with Gasteiger partial charge in [0.05, 0.1) is 11.4 Å². The molecule has 160 valence electrons. The van der Waals surface area contributed by atoms with Crippen molar-refractivity contribution in [1.82, 2.24) is 9.21 Å². The van der Waals surface area contributed by atoms with Gasteiger partial charge >= 0.3 is 0 Å². The number of hydrogen-bond donors (Lipinski definition) is 0. The Balaban J connectivity index is 1.57. The lowest BCUT2D eigenvalue weighted by Gasteiger charge is -2.35. The Bertz CT molecular complexity index is 1000. The molecule has 4 rings (SSSR count). The van der Waals surface area contributed by atoms with Crippen LogP contribution in [-0.4, -0.2) is 42.7 Å². The smallest absolute Gasteiger partial charge is 0.243 e. The van der Waals surface area contributed by atoms with Gasteiger partial charge in [0.25, 0.3) is 0 Å². The average molecular weight is 447 g/mol. The average Bonchev–Trinajstić information content (AvgIpc) is 2.77. The molecule has 30 heavy (non-hydrogen) atoms. The maximum Gasteiger partial charge on any atom is 0.243 e. The van der Waals surface area contributed by atoms with E-state index in [9.17, 15) is 13.2 Å². The molecule has 0 N–H and O–H groups in total. The van der Waals surface area contributed by atoms with Crippen molar-refractivity contribution in [3.63, 3.8) is 0 Å². The van der Waals surface area contributed by atoms with Crippen LogP contribution in [0.5, 0.6) is 0 Å². The zero-order valence-corrected chi connectivity index (χ0v) is 18.5. The second kappa shape index (κ2) is 9.08. The van der Waals surface area contributed by atoms with Crippen LogP contribution in [0.3, 0.4) is 0 Å². The Labute approximate surface area is 183 Å². The van der Waals surface area contributed by atoms with E-state index in [1.165, 1.54) is 22.0 Å². The quantitative estimate of drug-likeness (QED) is 0.689. The molecule has 0 radical (unpaired) electrons. The predicted molar refractivity (Wildman–Crippen MR) is 118 cm³/mol. The van der Waals surface area contributed by atoms with Crippen LogP contribution in [0.4, 0.5) is 0 Å². The highest BCUT2D eigenvalue weighted by Crippen LogP contribution is 2.29. The van der Waals surface area contributed by atoms with E-state index < -0.39 is 10.0 Å². The van der Waals surface area contributed by atoms with Crippen molar-refractivity contribution in [3.05, 3.63) is 64.7 Å². The summed E-state index contributed by atoms with van der Waals surface area (Å²) in [6.07, 6.45) is 5.48. The maximum absolute atomic E-state index is 13.5. The zero-order chi connectivity index (χ0) is 21.1. The first-order valence-electron chi connectivity index (χ1n) is 10.6. The molecule has 0 aromatic heterocycles. The molecule has 0 saturated heterocycles. The second-order valence-electron chi connectivity index (χ2n) is 8.13. The Kier molecular flexibility index (Phi) is 6.46. The largest absolute Gasteiger partial charge is 0.337 e. The molecule has 1 aliphatic heterocycles. The molecule has 0 spiro atoms. The van der Waals surface area contributed by atoms with Crippen molar-refractivity contribution >= 4 is 27.5 Å². The van der Waals surface area contributed by atoms with E-state index in [4.69, 9.17) is 11.6 Å². The number of halogens is 1. The van der Waals surface area contributed by atoms with Crippen molar-refractivity contribution in [2.45, 2.75) is 56.0 Å². The summed E-state index contributed by atoms with van der Waals surface area (Å²) in [7, 11) is -3.78. The third-order valence-corrected chi connectivity index (χ3v) is 8.34. The van der Waals surface area contributed by atoms with E-state index in [1.54, 1.807) is 17.0 Å². The summed E-state index contributed by atoms with van der Waals surface area (Å²) in [6.45, 7) is 1.04. The van der Waals surface area contributed by atoms with E-state index in [-0.39, 0.29) is 23.4 Å². The van der Waals surface area contributed by atoms with E-state index in [1.807, 2.05) is 18.2 Å². The summed E-state index contributed by atoms with van der Waals surface area (Å²) in [5.41, 5.74) is 2.40. The Morgan fingerprint density at radius 3 is 2.37 bits per heavy atom. The predicted octanol–water partition coefficient (Wildman–Crippen LogP) is 4.25. The van der Waals surface area contributed by atoms with E-state index in [0.717, 1.165) is 44.1 Å². The summed E-state index contributed by atoms with van der Waals surface area (Å²) >= 11 is 5.95. The molecule has 5 nitrogen and oxygen atoms in total. The number of carbonyl (C=O) groups is 1. The van der Waals surface area contributed by atoms with Gasteiger partial charge in [-0.3, -0.25) is 4.79 Å². The summed E-state index contributed by atoms with van der Waals surface area (Å²) in [5, 5.41) is 0.487. The molecule has 0 bridgehead atoms. The van der Waals surface area contributed by atoms with Crippen LogP contribution < -0.4 is 0 Å². The van der Waals surface area contributed by atoms with Crippen molar-refractivity contribution < 1.29 is 13.2 Å². The lowest BCUT2D eigenvalue weighted by atomic mass is 9.95. The van der Waals surface area contributed by atoms with Gasteiger partial charge in [0, 0.05) is 24.2 Å². The molecule has 0 unspecified atom stereocenters. The van der Waals surface area contributed by atoms with E-state index in [0.29, 0.717) is 18.1 Å². The normalized spacial score (nSPS) is 17.7. The molecule has 1 aliphatic carbocycles. The fourth-order valence-corrected chi connectivity index (χ4v) is 6.22.